The summed E-state index contributed by atoms with van der Waals surface area (Å²) in [5, 5.41) is 6.02. The lowest BCUT2D eigenvalue weighted by atomic mass is 10.0. The van der Waals surface area contributed by atoms with Gasteiger partial charge >= 0.3 is 12.0 Å². The Morgan fingerprint density at radius 2 is 1.57 bits per heavy atom. The number of para-hydroxylation sites is 1. The summed E-state index contributed by atoms with van der Waals surface area (Å²) >= 11 is 12.4. The average molecular weight is 663 g/mol. The SMILES string of the molecule is COC(=O)c1ccc(OC[C@@H]2CC[C@H](c3ccccc3)N2C(=O)Cc2ccc(NC(=O)Nc3c(Cl)cccc3Cl)c(OC)c2)cc1. The van der Waals surface area contributed by atoms with Crippen LogP contribution >= 0.6 is 23.2 Å². The lowest BCUT2D eigenvalue weighted by Gasteiger charge is -2.31. The molecule has 5 rings (SSSR count). The van der Waals surface area contributed by atoms with Crippen molar-refractivity contribution in [1.29, 1.82) is 0 Å². The number of anilines is 2. The number of amides is 3. The van der Waals surface area contributed by atoms with Gasteiger partial charge in [0.1, 0.15) is 18.1 Å². The number of nitrogens with one attached hydrogen (secondary N) is 2. The second-order valence-electron chi connectivity index (χ2n) is 10.7. The monoisotopic (exact) mass is 661 g/mol. The van der Waals surface area contributed by atoms with E-state index in [1.54, 1.807) is 60.7 Å². The van der Waals surface area contributed by atoms with Crippen molar-refractivity contribution in [1.82, 2.24) is 4.90 Å². The fourth-order valence-corrected chi connectivity index (χ4v) is 6.01. The first kappa shape index (κ1) is 32.7. The molecule has 0 bridgehead atoms. The molecule has 0 radical (unpaired) electrons. The number of carbonyl (C=O) groups is 3. The van der Waals surface area contributed by atoms with E-state index in [9.17, 15) is 14.4 Å². The van der Waals surface area contributed by atoms with Crippen LogP contribution in [0.5, 0.6) is 11.5 Å². The van der Waals surface area contributed by atoms with Gasteiger partial charge in [0.15, 0.2) is 0 Å². The van der Waals surface area contributed by atoms with Crippen LogP contribution in [0, 0.1) is 0 Å². The maximum Gasteiger partial charge on any atom is 0.337 e. The van der Waals surface area contributed by atoms with Gasteiger partial charge < -0.3 is 29.7 Å². The van der Waals surface area contributed by atoms with Gasteiger partial charge in [0.25, 0.3) is 0 Å². The van der Waals surface area contributed by atoms with E-state index in [1.807, 2.05) is 35.2 Å². The number of urea groups is 1. The van der Waals surface area contributed by atoms with Crippen LogP contribution in [0.25, 0.3) is 0 Å². The third-order valence-electron chi connectivity index (χ3n) is 7.76. The van der Waals surface area contributed by atoms with E-state index in [-0.39, 0.29) is 24.4 Å². The molecule has 3 amide bonds. The number of halogens is 2. The summed E-state index contributed by atoms with van der Waals surface area (Å²) in [5.41, 5.74) is 2.91. The summed E-state index contributed by atoms with van der Waals surface area (Å²) in [4.78, 5) is 40.4. The van der Waals surface area contributed by atoms with Crippen molar-refractivity contribution in [3.8, 4) is 11.5 Å². The maximum atomic E-state index is 14.0. The van der Waals surface area contributed by atoms with Crippen molar-refractivity contribution >= 4 is 52.5 Å². The summed E-state index contributed by atoms with van der Waals surface area (Å²) in [6.45, 7) is 0.295. The molecule has 46 heavy (non-hydrogen) atoms. The Kier molecular flexibility index (Phi) is 10.7. The summed E-state index contributed by atoms with van der Waals surface area (Å²) in [7, 11) is 2.83. The molecule has 1 saturated heterocycles. The molecular weight excluding hydrogens is 629 g/mol. The number of esters is 1. The van der Waals surface area contributed by atoms with Crippen molar-refractivity contribution in [3.63, 3.8) is 0 Å². The van der Waals surface area contributed by atoms with Crippen LogP contribution in [-0.2, 0) is 16.0 Å². The molecule has 0 spiro atoms. The Bertz CT molecular complexity index is 1680. The van der Waals surface area contributed by atoms with E-state index in [0.29, 0.717) is 45.1 Å². The Morgan fingerprint density at radius 3 is 2.24 bits per heavy atom. The van der Waals surface area contributed by atoms with Gasteiger partial charge in [0.2, 0.25) is 5.91 Å². The lowest BCUT2D eigenvalue weighted by molar-refractivity contribution is -0.134. The normalized spacial score (nSPS) is 15.6. The van der Waals surface area contributed by atoms with Crippen molar-refractivity contribution in [3.05, 3.63) is 118 Å². The number of likely N-dealkylation sites (tertiary alicyclic amines) is 1. The molecule has 0 unspecified atom stereocenters. The first-order valence-electron chi connectivity index (χ1n) is 14.6. The Morgan fingerprint density at radius 1 is 0.848 bits per heavy atom. The quantitative estimate of drug-likeness (QED) is 0.168. The molecule has 238 valence electrons. The van der Waals surface area contributed by atoms with Crippen molar-refractivity contribution in [2.75, 3.05) is 31.5 Å². The minimum atomic E-state index is -0.553. The van der Waals surface area contributed by atoms with Crippen LogP contribution in [0.15, 0.2) is 91.0 Å². The van der Waals surface area contributed by atoms with Crippen LogP contribution in [0.2, 0.25) is 10.0 Å². The molecule has 1 aliphatic heterocycles. The Balaban J connectivity index is 1.30. The van der Waals surface area contributed by atoms with Gasteiger partial charge in [0.05, 0.1) is 59.7 Å². The number of methoxy groups -OCH3 is 2. The van der Waals surface area contributed by atoms with Gasteiger partial charge in [-0.2, -0.15) is 0 Å². The summed E-state index contributed by atoms with van der Waals surface area (Å²) in [6.07, 6.45) is 1.68. The van der Waals surface area contributed by atoms with E-state index >= 15 is 0 Å². The second kappa shape index (κ2) is 15.0. The number of ether oxygens (including phenoxy) is 3. The Labute approximate surface area is 277 Å². The first-order chi connectivity index (χ1) is 22.3. The van der Waals surface area contributed by atoms with E-state index in [2.05, 4.69) is 10.6 Å². The van der Waals surface area contributed by atoms with Gasteiger partial charge in [-0.05, 0) is 72.5 Å². The summed E-state index contributed by atoms with van der Waals surface area (Å²) in [5.74, 6) is 0.504. The molecule has 1 aliphatic rings. The summed E-state index contributed by atoms with van der Waals surface area (Å²) < 4.78 is 16.4. The molecule has 0 saturated carbocycles. The van der Waals surface area contributed by atoms with Crippen LogP contribution < -0.4 is 20.1 Å². The molecule has 1 fully saturated rings. The van der Waals surface area contributed by atoms with E-state index in [1.165, 1.54) is 14.2 Å². The van der Waals surface area contributed by atoms with Crippen LogP contribution in [0.1, 0.15) is 40.4 Å². The highest BCUT2D eigenvalue weighted by atomic mass is 35.5. The topological polar surface area (TPSA) is 106 Å². The van der Waals surface area contributed by atoms with Gasteiger partial charge in [-0.25, -0.2) is 9.59 Å². The van der Waals surface area contributed by atoms with Crippen LogP contribution in [0.3, 0.4) is 0 Å². The highest BCUT2D eigenvalue weighted by molar-refractivity contribution is 6.39. The number of benzene rings is 4. The highest BCUT2D eigenvalue weighted by Gasteiger charge is 2.38. The standard InChI is InChI=1S/C35H33Cl2N3O6/c1-44-31-19-22(11-17-29(31)38-35(43)39-33-27(36)9-6-10-28(33)37)20-32(41)40-25(14-18-30(40)23-7-4-3-5-8-23)21-46-26-15-12-24(13-16-26)34(42)45-2/h3-13,15-17,19,25,30H,14,18,20-21H2,1-2H3,(H2,38,39,43)/t25-,30+/m0/s1. The number of carbonyl (C=O) groups excluding carboxylic acids is 3. The minimum Gasteiger partial charge on any atom is -0.495 e. The zero-order valence-corrected chi connectivity index (χ0v) is 26.8. The molecule has 4 aromatic rings. The second-order valence-corrected chi connectivity index (χ2v) is 11.5. The molecule has 1 heterocycles. The predicted octanol–water partition coefficient (Wildman–Crippen LogP) is 7.79. The van der Waals surface area contributed by atoms with Crippen LogP contribution in [-0.4, -0.2) is 49.7 Å². The largest absolute Gasteiger partial charge is 0.495 e. The molecule has 0 aromatic heterocycles. The molecule has 2 N–H and O–H groups in total. The zero-order valence-electron chi connectivity index (χ0n) is 25.3. The van der Waals surface area contributed by atoms with E-state index in [0.717, 1.165) is 24.0 Å². The summed E-state index contributed by atoms with van der Waals surface area (Å²) in [6, 6.07) is 26.0. The average Bonchev–Trinajstić information content (AvgIpc) is 3.50. The van der Waals surface area contributed by atoms with Gasteiger partial charge in [-0.3, -0.25) is 4.79 Å². The molecule has 4 aromatic carbocycles. The Hall–Kier alpha value is -4.73. The minimum absolute atomic E-state index is 0.0603. The third kappa shape index (κ3) is 7.73. The number of hydrogen-bond donors (Lipinski definition) is 2. The van der Waals surface area contributed by atoms with Crippen molar-refractivity contribution < 1.29 is 28.6 Å². The lowest BCUT2D eigenvalue weighted by Crippen LogP contribution is -2.41. The number of hydrogen-bond acceptors (Lipinski definition) is 6. The fraction of sp³-hybridized carbons (Fsp3) is 0.229. The van der Waals surface area contributed by atoms with Gasteiger partial charge in [-0.1, -0.05) is 65.7 Å². The van der Waals surface area contributed by atoms with Gasteiger partial charge in [-0.15, -0.1) is 0 Å². The van der Waals surface area contributed by atoms with Crippen LogP contribution in [0.4, 0.5) is 16.2 Å². The van der Waals surface area contributed by atoms with Gasteiger partial charge in [0, 0.05) is 0 Å². The number of rotatable bonds is 10. The van der Waals surface area contributed by atoms with E-state index in [4.69, 9.17) is 37.4 Å². The van der Waals surface area contributed by atoms with Crippen molar-refractivity contribution in [2.24, 2.45) is 0 Å². The third-order valence-corrected chi connectivity index (χ3v) is 8.39. The van der Waals surface area contributed by atoms with E-state index < -0.39 is 12.0 Å². The molecule has 11 heteroatoms. The first-order valence-corrected chi connectivity index (χ1v) is 15.4. The highest BCUT2D eigenvalue weighted by Crippen LogP contribution is 2.37. The van der Waals surface area contributed by atoms with Crippen molar-refractivity contribution in [2.45, 2.75) is 31.3 Å². The fourth-order valence-electron chi connectivity index (χ4n) is 5.52. The predicted molar refractivity (Wildman–Crippen MR) is 178 cm³/mol. The molecule has 2 atom stereocenters. The number of nitrogens with zero attached hydrogens (tertiary/aromatic N) is 1. The smallest absolute Gasteiger partial charge is 0.337 e. The molecular formula is C35H33Cl2N3O6. The molecule has 0 aliphatic carbocycles. The molecule has 9 nitrogen and oxygen atoms in total. The zero-order chi connectivity index (χ0) is 32.6. The maximum absolute atomic E-state index is 14.0.